The summed E-state index contributed by atoms with van der Waals surface area (Å²) < 4.78 is 0. The van der Waals surface area contributed by atoms with Gasteiger partial charge in [-0.15, -0.1) is 0 Å². The lowest BCUT2D eigenvalue weighted by Crippen LogP contribution is -2.46. The van der Waals surface area contributed by atoms with Crippen LogP contribution in [0, 0.1) is 0 Å². The molecule has 1 aliphatic rings. The van der Waals surface area contributed by atoms with Crippen LogP contribution < -0.4 is 9.80 Å². The van der Waals surface area contributed by atoms with E-state index in [1.54, 1.807) is 0 Å². The van der Waals surface area contributed by atoms with E-state index in [9.17, 15) is 4.79 Å². The first-order valence-corrected chi connectivity index (χ1v) is 9.53. The van der Waals surface area contributed by atoms with E-state index in [-0.39, 0.29) is 0 Å². The molecule has 0 spiro atoms. The Morgan fingerprint density at radius 1 is 0.778 bits per heavy atom. The molecule has 4 heteroatoms. The molecule has 0 radical (unpaired) electrons. The minimum Gasteiger partial charge on any atom is -0.368 e. The molecule has 1 fully saturated rings. The Hall–Kier alpha value is -2.78. The molecular formula is C23H21ClN2O. The minimum absolute atomic E-state index is 0.732. The Morgan fingerprint density at radius 3 is 2.19 bits per heavy atom. The maximum atomic E-state index is 11.7. The lowest BCUT2D eigenvalue weighted by atomic mass is 9.97. The molecular weight excluding hydrogens is 356 g/mol. The number of piperazine rings is 1. The van der Waals surface area contributed by atoms with Gasteiger partial charge in [-0.05, 0) is 29.8 Å². The number of hydrogen-bond acceptors (Lipinski definition) is 3. The lowest BCUT2D eigenvalue weighted by Gasteiger charge is -2.38. The number of carbonyl (C=O) groups excluding carboxylic acids is 1. The van der Waals surface area contributed by atoms with E-state index >= 15 is 0 Å². The lowest BCUT2D eigenvalue weighted by molar-refractivity contribution is 0.112. The van der Waals surface area contributed by atoms with Gasteiger partial charge in [0.2, 0.25) is 0 Å². The zero-order valence-corrected chi connectivity index (χ0v) is 15.8. The molecule has 3 nitrogen and oxygen atoms in total. The molecule has 1 aliphatic heterocycles. The zero-order chi connectivity index (χ0) is 18.6. The van der Waals surface area contributed by atoms with Gasteiger partial charge in [-0.3, -0.25) is 4.79 Å². The van der Waals surface area contributed by atoms with Crippen LogP contribution in [0.2, 0.25) is 5.02 Å². The fourth-order valence-electron chi connectivity index (χ4n) is 3.72. The van der Waals surface area contributed by atoms with E-state index in [2.05, 4.69) is 34.1 Å². The summed E-state index contributed by atoms with van der Waals surface area (Å²) in [6.07, 6.45) is 0.952. The van der Waals surface area contributed by atoms with Crippen molar-refractivity contribution < 1.29 is 4.79 Å². The third kappa shape index (κ3) is 3.69. The zero-order valence-electron chi connectivity index (χ0n) is 15.0. The van der Waals surface area contributed by atoms with Crippen molar-refractivity contribution in [2.75, 3.05) is 36.0 Å². The normalized spacial score (nSPS) is 14.3. The van der Waals surface area contributed by atoms with Crippen LogP contribution in [0.3, 0.4) is 0 Å². The SMILES string of the molecule is O=Cc1cccc(N2CCN(c3cccc(Cl)c3)CC2)c1-c1ccccc1. The van der Waals surface area contributed by atoms with Gasteiger partial charge in [0.15, 0.2) is 6.29 Å². The molecule has 0 bridgehead atoms. The number of aldehydes is 1. The maximum absolute atomic E-state index is 11.7. The molecule has 3 aromatic carbocycles. The second-order valence-corrected chi connectivity index (χ2v) is 7.12. The second kappa shape index (κ2) is 7.85. The standard InChI is InChI=1S/C23H21ClN2O/c24-20-9-5-10-21(16-20)25-12-14-26(15-13-25)22-11-4-8-19(17-27)23(22)18-6-2-1-3-7-18/h1-11,16-17H,12-15H2. The number of nitrogens with zero attached hydrogens (tertiary/aromatic N) is 2. The molecule has 1 heterocycles. The van der Waals surface area contributed by atoms with Crippen LogP contribution >= 0.6 is 11.6 Å². The van der Waals surface area contributed by atoms with Gasteiger partial charge in [-0.1, -0.05) is 60.1 Å². The van der Waals surface area contributed by atoms with Crippen molar-refractivity contribution in [3.63, 3.8) is 0 Å². The van der Waals surface area contributed by atoms with Crippen molar-refractivity contribution in [3.05, 3.63) is 83.4 Å². The number of halogens is 1. The molecule has 4 rings (SSSR count). The van der Waals surface area contributed by atoms with Crippen LogP contribution in [0.1, 0.15) is 10.4 Å². The molecule has 0 aliphatic carbocycles. The molecule has 0 atom stereocenters. The molecule has 27 heavy (non-hydrogen) atoms. The molecule has 0 aromatic heterocycles. The van der Waals surface area contributed by atoms with E-state index < -0.39 is 0 Å². The van der Waals surface area contributed by atoms with Gasteiger partial charge in [0.25, 0.3) is 0 Å². The van der Waals surface area contributed by atoms with Crippen LogP contribution in [0.4, 0.5) is 11.4 Å². The fraction of sp³-hybridized carbons (Fsp3) is 0.174. The Labute approximate surface area is 164 Å². The number of hydrogen-bond donors (Lipinski definition) is 0. The molecule has 0 N–H and O–H groups in total. The van der Waals surface area contributed by atoms with Gasteiger partial charge in [-0.2, -0.15) is 0 Å². The van der Waals surface area contributed by atoms with Crippen LogP contribution in [-0.4, -0.2) is 32.5 Å². The summed E-state index contributed by atoms with van der Waals surface area (Å²) in [6, 6.07) is 24.1. The second-order valence-electron chi connectivity index (χ2n) is 6.68. The number of rotatable bonds is 4. The third-order valence-electron chi connectivity index (χ3n) is 5.06. The quantitative estimate of drug-likeness (QED) is 0.588. The molecule has 0 saturated carbocycles. The predicted octanol–water partition coefficient (Wildman–Crippen LogP) is 5.15. The van der Waals surface area contributed by atoms with Crippen LogP contribution in [0.15, 0.2) is 72.8 Å². The summed E-state index contributed by atoms with van der Waals surface area (Å²) in [7, 11) is 0. The van der Waals surface area contributed by atoms with Crippen molar-refractivity contribution in [1.29, 1.82) is 0 Å². The monoisotopic (exact) mass is 376 g/mol. The Balaban J connectivity index is 1.61. The Kier molecular flexibility index (Phi) is 5.12. The summed E-state index contributed by atoms with van der Waals surface area (Å²) >= 11 is 6.14. The Bertz CT molecular complexity index is 934. The first-order chi connectivity index (χ1) is 13.3. The van der Waals surface area contributed by atoms with E-state index in [0.29, 0.717) is 0 Å². The van der Waals surface area contributed by atoms with Crippen molar-refractivity contribution in [3.8, 4) is 11.1 Å². The summed E-state index contributed by atoms with van der Waals surface area (Å²) in [5.41, 5.74) is 5.11. The summed E-state index contributed by atoms with van der Waals surface area (Å²) in [5.74, 6) is 0. The maximum Gasteiger partial charge on any atom is 0.150 e. The third-order valence-corrected chi connectivity index (χ3v) is 5.29. The smallest absolute Gasteiger partial charge is 0.150 e. The summed E-state index contributed by atoms with van der Waals surface area (Å²) in [5, 5.41) is 0.764. The number of anilines is 2. The van der Waals surface area contributed by atoms with Gasteiger partial charge < -0.3 is 9.80 Å². The topological polar surface area (TPSA) is 23.6 Å². The first kappa shape index (κ1) is 17.6. The van der Waals surface area contributed by atoms with Gasteiger partial charge in [0, 0.05) is 53.7 Å². The van der Waals surface area contributed by atoms with Crippen molar-refractivity contribution in [1.82, 2.24) is 0 Å². The molecule has 3 aromatic rings. The van der Waals surface area contributed by atoms with Gasteiger partial charge in [0.1, 0.15) is 0 Å². The number of carbonyl (C=O) groups is 1. The minimum atomic E-state index is 0.732. The van der Waals surface area contributed by atoms with Crippen LogP contribution in [0.5, 0.6) is 0 Å². The molecule has 0 amide bonds. The fourth-order valence-corrected chi connectivity index (χ4v) is 3.90. The average Bonchev–Trinajstić information content (AvgIpc) is 2.74. The Morgan fingerprint density at radius 2 is 1.48 bits per heavy atom. The van der Waals surface area contributed by atoms with Crippen molar-refractivity contribution in [2.45, 2.75) is 0 Å². The van der Waals surface area contributed by atoms with Crippen LogP contribution in [0.25, 0.3) is 11.1 Å². The highest BCUT2D eigenvalue weighted by atomic mass is 35.5. The van der Waals surface area contributed by atoms with Crippen LogP contribution in [-0.2, 0) is 0 Å². The highest BCUT2D eigenvalue weighted by molar-refractivity contribution is 6.30. The van der Waals surface area contributed by atoms with Crippen molar-refractivity contribution >= 4 is 29.3 Å². The highest BCUT2D eigenvalue weighted by Gasteiger charge is 2.21. The molecule has 136 valence electrons. The largest absolute Gasteiger partial charge is 0.368 e. The van der Waals surface area contributed by atoms with E-state index in [1.165, 1.54) is 0 Å². The average molecular weight is 377 g/mol. The van der Waals surface area contributed by atoms with Gasteiger partial charge in [-0.25, -0.2) is 0 Å². The first-order valence-electron chi connectivity index (χ1n) is 9.15. The predicted molar refractivity (Wildman–Crippen MR) is 113 cm³/mol. The molecule has 1 saturated heterocycles. The van der Waals surface area contributed by atoms with Gasteiger partial charge in [0.05, 0.1) is 0 Å². The van der Waals surface area contributed by atoms with Gasteiger partial charge >= 0.3 is 0 Å². The van der Waals surface area contributed by atoms with E-state index in [1.807, 2.05) is 48.5 Å². The highest BCUT2D eigenvalue weighted by Crippen LogP contribution is 2.34. The van der Waals surface area contributed by atoms with E-state index in [0.717, 1.165) is 65.6 Å². The number of benzene rings is 3. The summed E-state index contributed by atoms with van der Waals surface area (Å²) in [6.45, 7) is 3.63. The summed E-state index contributed by atoms with van der Waals surface area (Å²) in [4.78, 5) is 16.4. The van der Waals surface area contributed by atoms with E-state index in [4.69, 9.17) is 11.6 Å². The molecule has 0 unspecified atom stereocenters. The van der Waals surface area contributed by atoms with Crippen molar-refractivity contribution in [2.24, 2.45) is 0 Å².